The number of thiazole rings is 1. The first-order valence-electron chi connectivity index (χ1n) is 9.57. The molecule has 11 heteroatoms. The zero-order valence-corrected chi connectivity index (χ0v) is 19.1. The Kier molecular flexibility index (Phi) is 6.52. The predicted octanol–water partition coefficient (Wildman–Crippen LogP) is 5.05. The molecular weight excluding hydrogens is 464 g/mol. The Bertz CT molecular complexity index is 1330. The summed E-state index contributed by atoms with van der Waals surface area (Å²) in [5.74, 6) is -0.369. The summed E-state index contributed by atoms with van der Waals surface area (Å²) in [5.41, 5.74) is 1.88. The minimum Gasteiger partial charge on any atom is -0.494 e. The van der Waals surface area contributed by atoms with E-state index in [-0.39, 0.29) is 5.91 Å². The lowest BCUT2D eigenvalue weighted by molar-refractivity contribution is 0.0607. The van der Waals surface area contributed by atoms with Crippen molar-refractivity contribution in [1.29, 1.82) is 0 Å². The molecule has 0 fully saturated rings. The van der Waals surface area contributed by atoms with Gasteiger partial charge in [0.2, 0.25) is 0 Å². The highest BCUT2D eigenvalue weighted by atomic mass is 32.1. The predicted molar refractivity (Wildman–Crippen MR) is 129 cm³/mol. The average Bonchev–Trinajstić information content (AvgIpc) is 3.44. The summed E-state index contributed by atoms with van der Waals surface area (Å²) in [6, 6.07) is 13.2. The van der Waals surface area contributed by atoms with Gasteiger partial charge in [-0.25, -0.2) is 14.6 Å². The van der Waals surface area contributed by atoms with Crippen LogP contribution in [0.2, 0.25) is 0 Å². The molecule has 2 aromatic heterocycles. The Morgan fingerprint density at radius 3 is 2.48 bits per heavy atom. The van der Waals surface area contributed by atoms with Gasteiger partial charge >= 0.3 is 12.0 Å². The van der Waals surface area contributed by atoms with Crippen molar-refractivity contribution in [1.82, 2.24) is 4.98 Å². The molecule has 3 N–H and O–H groups in total. The molecule has 0 radical (unpaired) electrons. The number of aromatic nitrogens is 1. The molecule has 2 heterocycles. The number of carbonyl (C=O) groups excluding carboxylic acids is 3. The summed E-state index contributed by atoms with van der Waals surface area (Å²) in [5, 5.41) is 10.2. The van der Waals surface area contributed by atoms with Gasteiger partial charge in [-0.05, 0) is 29.6 Å². The van der Waals surface area contributed by atoms with Crippen LogP contribution < -0.4 is 20.7 Å². The average molecular weight is 483 g/mol. The number of rotatable bonds is 6. The van der Waals surface area contributed by atoms with E-state index >= 15 is 0 Å². The van der Waals surface area contributed by atoms with Gasteiger partial charge in [-0.3, -0.25) is 10.1 Å². The van der Waals surface area contributed by atoms with Crippen LogP contribution in [0.5, 0.6) is 5.75 Å². The number of hydrogen-bond acceptors (Lipinski definition) is 8. The summed E-state index contributed by atoms with van der Waals surface area (Å²) >= 11 is 2.42. The second-order valence-corrected chi connectivity index (χ2v) is 8.55. The Hall–Kier alpha value is -3.96. The number of methoxy groups -OCH3 is 2. The molecule has 168 valence electrons. The summed E-state index contributed by atoms with van der Waals surface area (Å²) in [7, 11) is 2.77. The zero-order valence-electron chi connectivity index (χ0n) is 17.5. The number of nitrogens with zero attached hydrogens (tertiary/aromatic N) is 1. The second-order valence-electron chi connectivity index (χ2n) is 6.60. The van der Waals surface area contributed by atoms with Crippen molar-refractivity contribution in [3.05, 3.63) is 64.4 Å². The minimum absolute atomic E-state index is 0.275. The van der Waals surface area contributed by atoms with Crippen LogP contribution in [-0.4, -0.2) is 37.1 Å². The van der Waals surface area contributed by atoms with Gasteiger partial charge in [-0.2, -0.15) is 0 Å². The lowest BCUT2D eigenvalue weighted by Crippen LogP contribution is -2.20. The molecule has 0 spiro atoms. The molecule has 0 bridgehead atoms. The number of esters is 1. The Morgan fingerprint density at radius 2 is 1.76 bits per heavy atom. The maximum absolute atomic E-state index is 12.5. The van der Waals surface area contributed by atoms with Crippen molar-refractivity contribution >= 4 is 67.3 Å². The van der Waals surface area contributed by atoms with E-state index in [1.165, 1.54) is 36.9 Å². The highest BCUT2D eigenvalue weighted by Crippen LogP contribution is 2.35. The van der Waals surface area contributed by atoms with Gasteiger partial charge in [-0.15, -0.1) is 11.3 Å². The van der Waals surface area contributed by atoms with Gasteiger partial charge in [0, 0.05) is 17.3 Å². The lowest BCUT2D eigenvalue weighted by Gasteiger charge is -2.09. The third-order valence-corrected chi connectivity index (χ3v) is 6.29. The lowest BCUT2D eigenvalue weighted by atomic mass is 10.2. The Balaban J connectivity index is 1.53. The van der Waals surface area contributed by atoms with E-state index in [4.69, 9.17) is 9.47 Å². The molecule has 3 amide bonds. The molecule has 4 aromatic rings. The van der Waals surface area contributed by atoms with Crippen LogP contribution in [0, 0.1) is 0 Å². The third kappa shape index (κ3) is 4.94. The maximum Gasteiger partial charge on any atom is 0.350 e. The number of amides is 3. The largest absolute Gasteiger partial charge is 0.494 e. The van der Waals surface area contributed by atoms with Crippen LogP contribution in [0.15, 0.2) is 53.9 Å². The van der Waals surface area contributed by atoms with E-state index in [2.05, 4.69) is 20.9 Å². The van der Waals surface area contributed by atoms with Gasteiger partial charge < -0.3 is 20.1 Å². The van der Waals surface area contributed by atoms with Crippen molar-refractivity contribution in [2.24, 2.45) is 0 Å². The fourth-order valence-electron chi connectivity index (χ4n) is 2.98. The van der Waals surface area contributed by atoms with Crippen molar-refractivity contribution < 1.29 is 23.9 Å². The molecule has 0 aliphatic carbocycles. The number of anilines is 3. The molecule has 0 unspecified atom stereocenters. The van der Waals surface area contributed by atoms with Gasteiger partial charge in [0.1, 0.15) is 16.1 Å². The van der Waals surface area contributed by atoms with Gasteiger partial charge in [-0.1, -0.05) is 29.5 Å². The van der Waals surface area contributed by atoms with E-state index in [0.29, 0.717) is 42.9 Å². The van der Waals surface area contributed by atoms with E-state index in [9.17, 15) is 14.4 Å². The minimum atomic E-state index is -0.540. The summed E-state index contributed by atoms with van der Waals surface area (Å²) in [4.78, 5) is 41.5. The molecule has 0 saturated carbocycles. The summed E-state index contributed by atoms with van der Waals surface area (Å²) < 4.78 is 10.9. The fourth-order valence-corrected chi connectivity index (χ4v) is 4.67. The SMILES string of the molecule is COC(=O)c1sccc1NC(=O)Nc1cc(OC)c2nc(NC(=O)c3ccccc3)sc2c1. The normalized spacial score (nSPS) is 10.5. The number of fused-ring (bicyclic) bond motifs is 1. The quantitative estimate of drug-likeness (QED) is 0.331. The second kappa shape index (κ2) is 9.67. The van der Waals surface area contributed by atoms with Crippen LogP contribution >= 0.6 is 22.7 Å². The number of benzene rings is 2. The van der Waals surface area contributed by atoms with Crippen LogP contribution in [0.25, 0.3) is 10.2 Å². The van der Waals surface area contributed by atoms with Crippen molar-refractivity contribution in [2.45, 2.75) is 0 Å². The molecule has 9 nitrogen and oxygen atoms in total. The Morgan fingerprint density at radius 1 is 0.970 bits per heavy atom. The standard InChI is InChI=1S/C22H18N4O5S2/c1-30-15-10-13(23-21(29)24-14-8-9-32-18(14)20(28)31-2)11-16-17(15)25-22(33-16)26-19(27)12-6-4-3-5-7-12/h3-11H,1-2H3,(H2,23,24,29)(H,25,26,27). The maximum atomic E-state index is 12.5. The molecule has 0 aliphatic heterocycles. The van der Waals surface area contributed by atoms with Crippen molar-refractivity contribution in [3.8, 4) is 5.75 Å². The highest BCUT2D eigenvalue weighted by molar-refractivity contribution is 7.22. The van der Waals surface area contributed by atoms with Crippen LogP contribution in [-0.2, 0) is 4.74 Å². The number of hydrogen-bond donors (Lipinski definition) is 3. The van der Waals surface area contributed by atoms with Crippen LogP contribution in [0.4, 0.5) is 21.3 Å². The first-order chi connectivity index (χ1) is 16.0. The molecule has 2 aromatic carbocycles. The highest BCUT2D eigenvalue weighted by Gasteiger charge is 2.17. The molecule has 33 heavy (non-hydrogen) atoms. The first kappa shape index (κ1) is 22.2. The van der Waals surface area contributed by atoms with E-state index in [0.717, 1.165) is 0 Å². The summed E-state index contributed by atoms with van der Waals surface area (Å²) in [6.07, 6.45) is 0. The van der Waals surface area contributed by atoms with Gasteiger partial charge in [0.05, 0.1) is 24.6 Å². The fraction of sp³-hybridized carbons (Fsp3) is 0.0909. The van der Waals surface area contributed by atoms with Gasteiger partial charge in [0.15, 0.2) is 5.13 Å². The van der Waals surface area contributed by atoms with Crippen LogP contribution in [0.1, 0.15) is 20.0 Å². The van der Waals surface area contributed by atoms with Gasteiger partial charge in [0.25, 0.3) is 5.91 Å². The first-order valence-corrected chi connectivity index (χ1v) is 11.3. The molecule has 0 atom stereocenters. The Labute approximate surface area is 196 Å². The van der Waals surface area contributed by atoms with Crippen molar-refractivity contribution in [2.75, 3.05) is 30.2 Å². The van der Waals surface area contributed by atoms with E-state index in [1.807, 2.05) is 6.07 Å². The van der Waals surface area contributed by atoms with E-state index < -0.39 is 12.0 Å². The summed E-state index contributed by atoms with van der Waals surface area (Å²) in [6.45, 7) is 0. The smallest absolute Gasteiger partial charge is 0.350 e. The molecule has 0 aliphatic rings. The number of urea groups is 1. The monoisotopic (exact) mass is 482 g/mol. The molecule has 0 saturated heterocycles. The topological polar surface area (TPSA) is 119 Å². The zero-order chi connectivity index (χ0) is 23.4. The van der Waals surface area contributed by atoms with E-state index in [1.54, 1.807) is 47.8 Å². The molecular formula is C22H18N4O5S2. The number of carbonyl (C=O) groups is 3. The molecule has 4 rings (SSSR count). The third-order valence-electron chi connectivity index (χ3n) is 4.48. The number of thiophene rings is 1. The number of ether oxygens (including phenoxy) is 2. The van der Waals surface area contributed by atoms with Crippen LogP contribution in [0.3, 0.4) is 0 Å². The number of nitrogens with one attached hydrogen (secondary N) is 3. The van der Waals surface area contributed by atoms with Crippen molar-refractivity contribution in [3.63, 3.8) is 0 Å².